The molecule has 0 bridgehead atoms. The molecule has 0 spiro atoms. The largest absolute Gasteiger partial charge is 0.418 e. The molecule has 3 aromatic rings. The fourth-order valence-corrected chi connectivity index (χ4v) is 2.55. The highest BCUT2D eigenvalue weighted by Gasteiger charge is 2.28. The zero-order chi connectivity index (χ0) is 24.1. The van der Waals surface area contributed by atoms with Gasteiger partial charge in [0.2, 0.25) is 46.7 Å². The summed E-state index contributed by atoms with van der Waals surface area (Å²) < 4.78 is 86.5. The Kier molecular flexibility index (Phi) is 7.53. The molecule has 176 valence electrons. The average Bonchev–Trinajstić information content (AvgIpc) is 2.78. The van der Waals surface area contributed by atoms with Crippen molar-refractivity contribution in [2.45, 2.75) is 6.54 Å². The van der Waals surface area contributed by atoms with Gasteiger partial charge in [0.1, 0.15) is 5.82 Å². The highest BCUT2D eigenvalue weighted by atomic mass is 19.2. The van der Waals surface area contributed by atoms with E-state index in [4.69, 9.17) is 4.74 Å². The van der Waals surface area contributed by atoms with Gasteiger partial charge < -0.3 is 20.3 Å². The molecule has 0 aliphatic heterocycles. The Morgan fingerprint density at radius 3 is 2.03 bits per heavy atom. The molecule has 0 aliphatic carbocycles. The maximum Gasteiger partial charge on any atom is 0.328 e. The second-order valence-electron chi connectivity index (χ2n) is 6.98. The van der Waals surface area contributed by atoms with Crippen LogP contribution in [0.1, 0.15) is 5.56 Å². The Morgan fingerprint density at radius 1 is 0.818 bits per heavy atom. The molecule has 33 heavy (non-hydrogen) atoms. The predicted molar refractivity (Wildman–Crippen MR) is 107 cm³/mol. The lowest BCUT2D eigenvalue weighted by Gasteiger charge is -2.13. The van der Waals surface area contributed by atoms with E-state index in [2.05, 4.69) is 25.6 Å². The smallest absolute Gasteiger partial charge is 0.328 e. The van der Waals surface area contributed by atoms with Crippen molar-refractivity contribution in [1.29, 1.82) is 0 Å². The third-order valence-electron chi connectivity index (χ3n) is 4.16. The number of hydrogen-bond donors (Lipinski definition) is 2. The van der Waals surface area contributed by atoms with Gasteiger partial charge >= 0.3 is 6.01 Å². The van der Waals surface area contributed by atoms with Crippen LogP contribution in [0.3, 0.4) is 0 Å². The number of halogens is 6. The number of ether oxygens (including phenoxy) is 1. The minimum Gasteiger partial charge on any atom is -0.418 e. The Bertz CT molecular complexity index is 1120. The van der Waals surface area contributed by atoms with Crippen molar-refractivity contribution in [1.82, 2.24) is 19.9 Å². The molecule has 1 aromatic heterocycles. The lowest BCUT2D eigenvalue weighted by Crippen LogP contribution is -2.22. The molecule has 2 N–H and O–H groups in total. The third-order valence-corrected chi connectivity index (χ3v) is 4.16. The molecule has 0 amide bonds. The summed E-state index contributed by atoms with van der Waals surface area (Å²) in [6.45, 7) is 0.967. The van der Waals surface area contributed by atoms with E-state index in [1.807, 2.05) is 19.0 Å². The second kappa shape index (κ2) is 10.3. The number of nitrogens with zero attached hydrogens (tertiary/aromatic N) is 4. The van der Waals surface area contributed by atoms with Crippen LogP contribution in [0.4, 0.5) is 38.2 Å². The minimum atomic E-state index is -2.32. The molecular formula is C20H18F6N6O. The average molecular weight is 472 g/mol. The molecule has 7 nitrogen and oxygen atoms in total. The third kappa shape index (κ3) is 6.00. The number of benzene rings is 2. The summed E-state index contributed by atoms with van der Waals surface area (Å²) in [5.41, 5.74) is 0.528. The van der Waals surface area contributed by atoms with Gasteiger partial charge in [0.25, 0.3) is 0 Å². The van der Waals surface area contributed by atoms with E-state index in [0.717, 1.165) is 0 Å². The summed E-state index contributed by atoms with van der Waals surface area (Å²) in [5, 5.41) is 5.59. The number of anilines is 2. The molecule has 13 heteroatoms. The van der Waals surface area contributed by atoms with E-state index in [1.54, 1.807) is 6.07 Å². The zero-order valence-electron chi connectivity index (χ0n) is 17.4. The van der Waals surface area contributed by atoms with Crippen LogP contribution in [0.15, 0.2) is 24.3 Å². The number of aromatic nitrogens is 3. The van der Waals surface area contributed by atoms with E-state index in [-0.39, 0.29) is 18.4 Å². The molecule has 0 unspecified atom stereocenters. The first-order valence-corrected chi connectivity index (χ1v) is 9.48. The maximum absolute atomic E-state index is 14.0. The Balaban J connectivity index is 1.90. The molecule has 2 aromatic carbocycles. The van der Waals surface area contributed by atoms with Crippen LogP contribution in [0.25, 0.3) is 0 Å². The highest BCUT2D eigenvalue weighted by Crippen LogP contribution is 2.32. The van der Waals surface area contributed by atoms with Crippen molar-refractivity contribution < 1.29 is 31.1 Å². The van der Waals surface area contributed by atoms with E-state index in [9.17, 15) is 26.3 Å². The molecule has 0 fully saturated rings. The zero-order valence-corrected chi connectivity index (χ0v) is 17.4. The number of likely N-dealkylation sites (N-methyl/N-ethyl adjacent to an activating group) is 1. The summed E-state index contributed by atoms with van der Waals surface area (Å²) in [5.74, 6) is -13.3. The molecule has 0 atom stereocenters. The molecule has 0 saturated heterocycles. The monoisotopic (exact) mass is 472 g/mol. The summed E-state index contributed by atoms with van der Waals surface area (Å²) >= 11 is 0. The van der Waals surface area contributed by atoms with E-state index >= 15 is 0 Å². The van der Waals surface area contributed by atoms with Crippen LogP contribution in [-0.4, -0.2) is 47.0 Å². The predicted octanol–water partition coefficient (Wildman–Crippen LogP) is 4.08. The van der Waals surface area contributed by atoms with Gasteiger partial charge in [-0.15, -0.1) is 0 Å². The van der Waals surface area contributed by atoms with Crippen molar-refractivity contribution >= 4 is 11.9 Å². The molecule has 0 aliphatic rings. The van der Waals surface area contributed by atoms with E-state index in [0.29, 0.717) is 18.7 Å². The first kappa shape index (κ1) is 24.0. The van der Waals surface area contributed by atoms with Crippen molar-refractivity contribution in [3.8, 4) is 11.8 Å². The first-order chi connectivity index (χ1) is 15.7. The Hall–Kier alpha value is -3.61. The van der Waals surface area contributed by atoms with Crippen molar-refractivity contribution in [3.05, 3.63) is 64.7 Å². The Morgan fingerprint density at radius 2 is 1.42 bits per heavy atom. The standard InChI is InChI=1S/C20H18F6N6O/c1-32(2)7-6-27-18-29-19(28-9-10-4-3-5-11(21)8-10)31-20(30-18)33-17-15(25)13(23)12(22)14(24)16(17)26/h3-5,8H,6-7,9H2,1-2H3,(H2,27,28,29,30,31). The summed E-state index contributed by atoms with van der Waals surface area (Å²) in [6.07, 6.45) is 0. The first-order valence-electron chi connectivity index (χ1n) is 9.48. The summed E-state index contributed by atoms with van der Waals surface area (Å²) in [7, 11) is 3.64. The summed E-state index contributed by atoms with van der Waals surface area (Å²) in [4.78, 5) is 13.5. The number of hydrogen-bond acceptors (Lipinski definition) is 7. The molecule has 3 rings (SSSR count). The van der Waals surface area contributed by atoms with Crippen LogP contribution < -0.4 is 15.4 Å². The van der Waals surface area contributed by atoms with Crippen LogP contribution in [0, 0.1) is 34.9 Å². The van der Waals surface area contributed by atoms with Crippen LogP contribution in [0.5, 0.6) is 11.8 Å². The van der Waals surface area contributed by atoms with E-state index in [1.165, 1.54) is 18.2 Å². The summed E-state index contributed by atoms with van der Waals surface area (Å²) in [6, 6.07) is 4.90. The quantitative estimate of drug-likeness (QED) is 0.276. The Labute approximate surface area is 184 Å². The van der Waals surface area contributed by atoms with Gasteiger partial charge in [0.15, 0.2) is 0 Å². The van der Waals surface area contributed by atoms with Crippen LogP contribution in [-0.2, 0) is 6.54 Å². The lowest BCUT2D eigenvalue weighted by atomic mass is 10.2. The number of rotatable bonds is 9. The molecule has 0 radical (unpaired) electrons. The van der Waals surface area contributed by atoms with Gasteiger partial charge in [-0.2, -0.15) is 23.7 Å². The fraction of sp³-hybridized carbons (Fsp3) is 0.250. The number of nitrogens with one attached hydrogen (secondary N) is 2. The normalized spacial score (nSPS) is 11.1. The highest BCUT2D eigenvalue weighted by molar-refractivity contribution is 5.39. The van der Waals surface area contributed by atoms with Crippen LogP contribution >= 0.6 is 0 Å². The van der Waals surface area contributed by atoms with Crippen molar-refractivity contribution in [2.24, 2.45) is 0 Å². The van der Waals surface area contributed by atoms with Gasteiger partial charge in [-0.25, -0.2) is 17.6 Å². The second-order valence-corrected chi connectivity index (χ2v) is 6.98. The fourth-order valence-electron chi connectivity index (χ4n) is 2.55. The molecular weight excluding hydrogens is 454 g/mol. The lowest BCUT2D eigenvalue weighted by molar-refractivity contribution is 0.322. The molecule has 1 heterocycles. The topological polar surface area (TPSA) is 75.2 Å². The van der Waals surface area contributed by atoms with Gasteiger partial charge in [0, 0.05) is 19.6 Å². The maximum atomic E-state index is 14.0. The SMILES string of the molecule is CN(C)CCNc1nc(NCc2cccc(F)c2)nc(Oc2c(F)c(F)c(F)c(F)c2F)n1. The van der Waals surface area contributed by atoms with E-state index < -0.39 is 46.7 Å². The molecule has 0 saturated carbocycles. The van der Waals surface area contributed by atoms with Crippen molar-refractivity contribution in [3.63, 3.8) is 0 Å². The minimum absolute atomic E-state index is 0.0564. The van der Waals surface area contributed by atoms with Gasteiger partial charge in [0.05, 0.1) is 0 Å². The van der Waals surface area contributed by atoms with Crippen LogP contribution in [0.2, 0.25) is 0 Å². The van der Waals surface area contributed by atoms with Gasteiger partial charge in [-0.05, 0) is 31.8 Å². The van der Waals surface area contributed by atoms with Gasteiger partial charge in [-0.1, -0.05) is 12.1 Å². The van der Waals surface area contributed by atoms with Gasteiger partial charge in [-0.3, -0.25) is 0 Å². The van der Waals surface area contributed by atoms with Crippen molar-refractivity contribution in [2.75, 3.05) is 37.8 Å².